The average Bonchev–Trinajstić information content (AvgIpc) is 2.17. The Bertz CT molecular complexity index is 301. The normalized spacial score (nSPS) is 10.2. The molecule has 0 aliphatic heterocycles. The Labute approximate surface area is 84.4 Å². The molecule has 0 amide bonds. The summed E-state index contributed by atoms with van der Waals surface area (Å²) in [5.41, 5.74) is 0.883. The van der Waals surface area contributed by atoms with Crippen molar-refractivity contribution in [3.63, 3.8) is 0 Å². The van der Waals surface area contributed by atoms with Crippen molar-refractivity contribution >= 4 is 51.7 Å². The van der Waals surface area contributed by atoms with Crippen LogP contribution in [-0.2, 0) is 0 Å². The maximum Gasteiger partial charge on any atom is 0.114 e. The van der Waals surface area contributed by atoms with E-state index in [1.807, 2.05) is 6.92 Å². The Hall–Kier alpha value is 0.310. The van der Waals surface area contributed by atoms with Crippen molar-refractivity contribution in [3.8, 4) is 0 Å². The molecule has 0 N–H and O–H groups in total. The Morgan fingerprint density at radius 1 is 1.27 bits per heavy atom. The Morgan fingerprint density at radius 2 is 1.82 bits per heavy atom. The molecule has 0 aliphatic rings. The number of thiophene rings is 1. The molecule has 0 nitrogen and oxygen atoms in total. The zero-order valence-electron chi connectivity index (χ0n) is 5.75. The van der Waals surface area contributed by atoms with Crippen molar-refractivity contribution in [1.29, 1.82) is 0 Å². The van der Waals surface area contributed by atoms with Gasteiger partial charge in [0.25, 0.3) is 0 Å². The molecule has 1 aromatic rings. The minimum absolute atomic E-state index is 0.427. The highest BCUT2D eigenvalue weighted by atomic mass is 35.5. The maximum absolute atomic E-state index is 5.84. The standard InChI is InChI=1S/C7H5Cl3S/c1-3(2)6-4(8)5(9)7(10)11-6/h1H2,2H3. The topological polar surface area (TPSA) is 0 Å². The molecule has 0 atom stereocenters. The van der Waals surface area contributed by atoms with Crippen LogP contribution < -0.4 is 0 Å². The second-order valence-electron chi connectivity index (χ2n) is 2.11. The van der Waals surface area contributed by atoms with E-state index in [-0.39, 0.29) is 0 Å². The summed E-state index contributed by atoms with van der Waals surface area (Å²) in [6.07, 6.45) is 0. The van der Waals surface area contributed by atoms with Crippen LogP contribution >= 0.6 is 46.1 Å². The predicted octanol–water partition coefficient (Wildman–Crippen LogP) is 4.74. The van der Waals surface area contributed by atoms with E-state index in [1.54, 1.807) is 0 Å². The van der Waals surface area contributed by atoms with Crippen molar-refractivity contribution in [2.75, 3.05) is 0 Å². The van der Waals surface area contributed by atoms with Gasteiger partial charge in [0.15, 0.2) is 0 Å². The summed E-state index contributed by atoms with van der Waals surface area (Å²) in [4.78, 5) is 0.863. The first-order valence-electron chi connectivity index (χ1n) is 2.83. The molecular weight excluding hydrogens is 223 g/mol. The van der Waals surface area contributed by atoms with E-state index >= 15 is 0 Å². The van der Waals surface area contributed by atoms with Gasteiger partial charge in [-0.3, -0.25) is 0 Å². The molecule has 0 spiro atoms. The molecule has 11 heavy (non-hydrogen) atoms. The predicted molar refractivity (Wildman–Crippen MR) is 54.1 cm³/mol. The lowest BCUT2D eigenvalue weighted by Crippen LogP contribution is -1.68. The first-order chi connectivity index (χ1) is 5.04. The summed E-state index contributed by atoms with van der Waals surface area (Å²) in [6.45, 7) is 5.61. The fraction of sp³-hybridized carbons (Fsp3) is 0.143. The highest BCUT2D eigenvalue weighted by molar-refractivity contribution is 7.18. The fourth-order valence-electron chi connectivity index (χ4n) is 0.640. The van der Waals surface area contributed by atoms with Crippen LogP contribution in [0.1, 0.15) is 11.8 Å². The van der Waals surface area contributed by atoms with Crippen molar-refractivity contribution < 1.29 is 0 Å². The third-order valence-electron chi connectivity index (χ3n) is 1.14. The van der Waals surface area contributed by atoms with E-state index in [4.69, 9.17) is 34.8 Å². The summed E-state index contributed by atoms with van der Waals surface area (Å²) in [7, 11) is 0. The molecule has 0 saturated heterocycles. The lowest BCUT2D eigenvalue weighted by atomic mass is 10.3. The number of rotatable bonds is 1. The zero-order chi connectivity index (χ0) is 8.59. The highest BCUT2D eigenvalue weighted by Crippen LogP contribution is 2.42. The fourth-order valence-corrected chi connectivity index (χ4v) is 2.44. The minimum Gasteiger partial charge on any atom is -0.121 e. The van der Waals surface area contributed by atoms with Crippen LogP contribution in [0.5, 0.6) is 0 Å². The zero-order valence-corrected chi connectivity index (χ0v) is 8.83. The number of halogens is 3. The molecule has 0 unspecified atom stereocenters. The van der Waals surface area contributed by atoms with Gasteiger partial charge in [-0.15, -0.1) is 11.3 Å². The second-order valence-corrected chi connectivity index (χ2v) is 4.49. The van der Waals surface area contributed by atoms with E-state index in [1.165, 1.54) is 11.3 Å². The van der Waals surface area contributed by atoms with Gasteiger partial charge < -0.3 is 0 Å². The van der Waals surface area contributed by atoms with Gasteiger partial charge in [-0.05, 0) is 12.5 Å². The molecule has 1 rings (SSSR count). The molecule has 4 heteroatoms. The molecule has 0 saturated carbocycles. The van der Waals surface area contributed by atoms with Crippen molar-refractivity contribution in [2.45, 2.75) is 6.92 Å². The third-order valence-corrected chi connectivity index (χ3v) is 3.88. The van der Waals surface area contributed by atoms with E-state index in [0.29, 0.717) is 14.4 Å². The molecule has 60 valence electrons. The van der Waals surface area contributed by atoms with Crippen LogP contribution in [0.3, 0.4) is 0 Å². The van der Waals surface area contributed by atoms with Gasteiger partial charge >= 0.3 is 0 Å². The first-order valence-corrected chi connectivity index (χ1v) is 4.78. The van der Waals surface area contributed by atoms with Crippen molar-refractivity contribution in [1.82, 2.24) is 0 Å². The van der Waals surface area contributed by atoms with Gasteiger partial charge in [0.2, 0.25) is 0 Å². The molecule has 0 aromatic carbocycles. The SMILES string of the molecule is C=C(C)c1sc(Cl)c(Cl)c1Cl. The maximum atomic E-state index is 5.84. The molecule has 0 radical (unpaired) electrons. The molecular formula is C7H5Cl3S. The largest absolute Gasteiger partial charge is 0.121 e. The quantitative estimate of drug-likeness (QED) is 0.650. The van der Waals surface area contributed by atoms with Crippen LogP contribution in [-0.4, -0.2) is 0 Å². The number of allylic oxidation sites excluding steroid dienone is 1. The van der Waals surface area contributed by atoms with Gasteiger partial charge in [0, 0.05) is 0 Å². The van der Waals surface area contributed by atoms with Crippen LogP contribution in [0.4, 0.5) is 0 Å². The van der Waals surface area contributed by atoms with Crippen molar-refractivity contribution in [3.05, 3.63) is 25.8 Å². The molecule has 0 bridgehead atoms. The van der Waals surface area contributed by atoms with Gasteiger partial charge in [0.05, 0.1) is 14.9 Å². The summed E-state index contributed by atoms with van der Waals surface area (Å²) < 4.78 is 0.523. The summed E-state index contributed by atoms with van der Waals surface area (Å²) in [6, 6.07) is 0. The van der Waals surface area contributed by atoms with E-state index < -0.39 is 0 Å². The molecule has 0 aliphatic carbocycles. The second kappa shape index (κ2) is 3.36. The van der Waals surface area contributed by atoms with Crippen LogP contribution in [0.15, 0.2) is 6.58 Å². The number of hydrogen-bond acceptors (Lipinski definition) is 1. The van der Waals surface area contributed by atoms with Gasteiger partial charge in [-0.25, -0.2) is 0 Å². The lowest BCUT2D eigenvalue weighted by molar-refractivity contribution is 1.74. The van der Waals surface area contributed by atoms with Gasteiger partial charge in [-0.2, -0.15) is 0 Å². The molecule has 0 fully saturated rings. The Kier molecular flexibility index (Phi) is 2.87. The van der Waals surface area contributed by atoms with E-state index in [2.05, 4.69) is 6.58 Å². The van der Waals surface area contributed by atoms with Crippen molar-refractivity contribution in [2.24, 2.45) is 0 Å². The van der Waals surface area contributed by atoms with Gasteiger partial charge in [0.1, 0.15) is 4.34 Å². The van der Waals surface area contributed by atoms with Crippen LogP contribution in [0.25, 0.3) is 5.57 Å². The van der Waals surface area contributed by atoms with Crippen LogP contribution in [0.2, 0.25) is 14.4 Å². The van der Waals surface area contributed by atoms with Gasteiger partial charge in [-0.1, -0.05) is 41.4 Å². The van der Waals surface area contributed by atoms with Crippen LogP contribution in [0, 0.1) is 0 Å². The molecule has 1 heterocycles. The summed E-state index contributed by atoms with van der Waals surface area (Å²) >= 11 is 18.7. The Balaban J connectivity index is 3.29. The number of hydrogen-bond donors (Lipinski definition) is 0. The van der Waals surface area contributed by atoms with E-state index in [9.17, 15) is 0 Å². The lowest BCUT2D eigenvalue weighted by Gasteiger charge is -1.92. The third kappa shape index (κ3) is 1.73. The highest BCUT2D eigenvalue weighted by Gasteiger charge is 2.13. The molecule has 1 aromatic heterocycles. The monoisotopic (exact) mass is 226 g/mol. The minimum atomic E-state index is 0.427. The Morgan fingerprint density at radius 3 is 2.00 bits per heavy atom. The average molecular weight is 228 g/mol. The smallest absolute Gasteiger partial charge is 0.114 e. The van der Waals surface area contributed by atoms with E-state index in [0.717, 1.165) is 10.5 Å². The first kappa shape index (κ1) is 9.40. The summed E-state index contributed by atoms with van der Waals surface area (Å²) in [5, 5.41) is 0.936. The summed E-state index contributed by atoms with van der Waals surface area (Å²) in [5.74, 6) is 0.